The molecule has 0 fully saturated rings. The fourth-order valence-electron chi connectivity index (χ4n) is 1.62. The summed E-state index contributed by atoms with van der Waals surface area (Å²) in [5, 5.41) is -0.116. The number of rotatable bonds is 4. The Balaban J connectivity index is 3.48. The molecule has 1 amide bonds. The number of nitrogens with zero attached hydrogens (tertiary/aromatic N) is 1. The monoisotopic (exact) mass is 283 g/mol. The van der Waals surface area contributed by atoms with Crippen LogP contribution in [0.25, 0.3) is 0 Å². The molecule has 0 spiro atoms. The van der Waals surface area contributed by atoms with E-state index in [2.05, 4.69) is 0 Å². The molecule has 9 heteroatoms. The summed E-state index contributed by atoms with van der Waals surface area (Å²) < 4.78 is 39.8. The molecule has 1 unspecified atom stereocenters. The Bertz CT molecular complexity index is 463. The van der Waals surface area contributed by atoms with Crippen molar-refractivity contribution >= 4 is 21.0 Å². The van der Waals surface area contributed by atoms with Gasteiger partial charge in [0.05, 0.1) is 5.31 Å². The Morgan fingerprint density at radius 3 is 2.00 bits per heavy atom. The lowest BCUT2D eigenvalue weighted by Gasteiger charge is -2.19. The van der Waals surface area contributed by atoms with Gasteiger partial charge in [-0.05, 0) is 6.92 Å². The molecule has 7 nitrogen and oxygen atoms in total. The van der Waals surface area contributed by atoms with Crippen LogP contribution in [0.2, 0.25) is 0 Å². The molecular weight excluding hydrogens is 268 g/mol. The Kier molecular flexibility index (Phi) is 4.01. The van der Waals surface area contributed by atoms with Crippen LogP contribution < -0.4 is 0 Å². The van der Waals surface area contributed by atoms with Crippen molar-refractivity contribution in [3.8, 4) is 0 Å². The average Bonchev–Trinajstić information content (AvgIpc) is 2.51. The molecule has 1 aliphatic heterocycles. The number of carbonyl (C=O) groups is 1. The van der Waals surface area contributed by atoms with Crippen molar-refractivity contribution in [3.63, 3.8) is 0 Å². The highest BCUT2D eigenvalue weighted by Gasteiger charge is 2.52. The highest BCUT2D eigenvalue weighted by Crippen LogP contribution is 2.70. The van der Waals surface area contributed by atoms with E-state index in [1.54, 1.807) is 0 Å². The summed E-state index contributed by atoms with van der Waals surface area (Å²) in [5.41, 5.74) is 0. The maximum absolute atomic E-state index is 12.3. The van der Waals surface area contributed by atoms with Gasteiger partial charge >= 0.3 is 15.1 Å². The van der Waals surface area contributed by atoms with Crippen molar-refractivity contribution < 1.29 is 27.5 Å². The van der Waals surface area contributed by atoms with Gasteiger partial charge in [0.2, 0.25) is 0 Å². The summed E-state index contributed by atoms with van der Waals surface area (Å²) in [7, 11) is -2.31. The van der Waals surface area contributed by atoms with Gasteiger partial charge in [-0.15, -0.1) is 0 Å². The van der Waals surface area contributed by atoms with Crippen LogP contribution in [0.3, 0.4) is 0 Å². The van der Waals surface area contributed by atoms with Crippen LogP contribution in [-0.4, -0.2) is 39.0 Å². The molecule has 0 radical (unpaired) electrons. The second-order valence-corrected chi connectivity index (χ2v) is 8.18. The minimum absolute atomic E-state index is 0.0968. The first-order chi connectivity index (χ1) is 7.78. The van der Waals surface area contributed by atoms with Gasteiger partial charge in [-0.3, -0.25) is 18.6 Å². The first-order valence-corrected chi connectivity index (χ1v) is 7.78. The van der Waals surface area contributed by atoms with Crippen LogP contribution in [0.1, 0.15) is 6.92 Å². The quantitative estimate of drug-likeness (QED) is 0.734. The van der Waals surface area contributed by atoms with Crippen LogP contribution in [-0.2, 0) is 27.5 Å². The summed E-state index contributed by atoms with van der Waals surface area (Å²) in [6.07, 6.45) is 0. The zero-order valence-corrected chi connectivity index (χ0v) is 12.1. The summed E-state index contributed by atoms with van der Waals surface area (Å²) in [4.78, 5) is 11.9. The van der Waals surface area contributed by atoms with Gasteiger partial charge in [0.25, 0.3) is 5.91 Å². The Hall–Kier alpha value is -0.450. The van der Waals surface area contributed by atoms with Crippen molar-refractivity contribution in [1.82, 2.24) is 4.67 Å². The van der Waals surface area contributed by atoms with E-state index in [0.29, 0.717) is 0 Å². The SMILES string of the molecule is COP(=O)(OC)C1=C(C)P(=O)(OC)N(C)C1=O. The molecule has 1 rings (SSSR count). The molecule has 1 aliphatic rings. The molecule has 0 saturated carbocycles. The molecule has 0 aromatic heterocycles. The summed E-state index contributed by atoms with van der Waals surface area (Å²) in [6.45, 7) is 1.42. The van der Waals surface area contributed by atoms with Gasteiger partial charge in [-0.25, -0.2) is 0 Å². The van der Waals surface area contributed by atoms with Gasteiger partial charge in [-0.1, -0.05) is 0 Å². The van der Waals surface area contributed by atoms with Gasteiger partial charge < -0.3 is 13.6 Å². The molecule has 0 aromatic rings. The first kappa shape index (κ1) is 14.6. The molecule has 1 heterocycles. The highest BCUT2D eigenvalue weighted by molar-refractivity contribution is 7.67. The van der Waals surface area contributed by atoms with E-state index in [9.17, 15) is 13.9 Å². The highest BCUT2D eigenvalue weighted by atomic mass is 31.2. The maximum atomic E-state index is 12.3. The molecular formula is C8H15NO6P2. The minimum Gasteiger partial charge on any atom is -0.314 e. The molecule has 98 valence electrons. The van der Waals surface area contributed by atoms with Gasteiger partial charge in [0.15, 0.2) is 0 Å². The van der Waals surface area contributed by atoms with E-state index in [-0.39, 0.29) is 10.6 Å². The number of hydrogen-bond donors (Lipinski definition) is 0. The minimum atomic E-state index is -3.74. The normalized spacial score (nSPS) is 25.9. The van der Waals surface area contributed by atoms with Gasteiger partial charge in [-0.2, -0.15) is 0 Å². The van der Waals surface area contributed by atoms with E-state index < -0.39 is 21.0 Å². The molecule has 0 aliphatic carbocycles. The lowest BCUT2D eigenvalue weighted by molar-refractivity contribution is -0.121. The number of hydrogen-bond acceptors (Lipinski definition) is 6. The first-order valence-electron chi connectivity index (χ1n) is 4.66. The Morgan fingerprint density at radius 2 is 1.71 bits per heavy atom. The standard InChI is InChI=1S/C8H15NO6P2/c1-6-7(17(12,14-4)15-5)8(10)9(2)16(6,11)13-3/h1-5H3. The summed E-state index contributed by atoms with van der Waals surface area (Å²) in [5.74, 6) is -0.667. The zero-order chi connectivity index (χ0) is 13.4. The van der Waals surface area contributed by atoms with E-state index in [1.807, 2.05) is 0 Å². The van der Waals surface area contributed by atoms with Gasteiger partial charge in [0, 0.05) is 28.4 Å². The predicted molar refractivity (Wildman–Crippen MR) is 61.7 cm³/mol. The van der Waals surface area contributed by atoms with Crippen LogP contribution in [0.4, 0.5) is 0 Å². The lowest BCUT2D eigenvalue weighted by Crippen LogP contribution is -2.20. The van der Waals surface area contributed by atoms with Crippen molar-refractivity contribution in [2.24, 2.45) is 0 Å². The largest absolute Gasteiger partial charge is 0.366 e. The number of carbonyl (C=O) groups excluding carboxylic acids is 1. The Morgan fingerprint density at radius 1 is 1.24 bits per heavy atom. The van der Waals surface area contributed by atoms with Crippen LogP contribution in [0.15, 0.2) is 10.6 Å². The maximum Gasteiger partial charge on any atom is 0.366 e. The second-order valence-electron chi connectivity index (χ2n) is 3.33. The van der Waals surface area contributed by atoms with E-state index >= 15 is 0 Å². The topological polar surface area (TPSA) is 82.1 Å². The van der Waals surface area contributed by atoms with Crippen molar-refractivity contribution in [1.29, 1.82) is 0 Å². The lowest BCUT2D eigenvalue weighted by atomic mass is 10.5. The fraction of sp³-hybridized carbons (Fsp3) is 0.625. The number of allylic oxidation sites excluding steroid dienone is 1. The van der Waals surface area contributed by atoms with Gasteiger partial charge in [0.1, 0.15) is 5.31 Å². The van der Waals surface area contributed by atoms with Crippen LogP contribution >= 0.6 is 15.1 Å². The summed E-state index contributed by atoms with van der Waals surface area (Å²) in [6, 6.07) is 0. The smallest absolute Gasteiger partial charge is 0.314 e. The van der Waals surface area contributed by atoms with Crippen molar-refractivity contribution in [2.75, 3.05) is 28.4 Å². The summed E-state index contributed by atoms with van der Waals surface area (Å²) >= 11 is 0. The van der Waals surface area contributed by atoms with E-state index in [4.69, 9.17) is 13.6 Å². The van der Waals surface area contributed by atoms with Crippen molar-refractivity contribution in [3.05, 3.63) is 10.6 Å². The molecule has 0 N–H and O–H groups in total. The number of likely N-dealkylation sites (N-methyl/N-ethyl adjacent to an activating group) is 1. The zero-order valence-electron chi connectivity index (χ0n) is 10.3. The molecule has 0 bridgehead atoms. The van der Waals surface area contributed by atoms with Crippen molar-refractivity contribution in [2.45, 2.75) is 6.92 Å². The Labute approximate surface area is 99.8 Å². The van der Waals surface area contributed by atoms with E-state index in [1.165, 1.54) is 21.1 Å². The third kappa shape index (κ3) is 1.92. The molecule has 0 aromatic carbocycles. The average molecular weight is 283 g/mol. The third-order valence-electron chi connectivity index (χ3n) is 2.66. The van der Waals surface area contributed by atoms with Crippen LogP contribution in [0.5, 0.6) is 0 Å². The number of amides is 1. The second kappa shape index (κ2) is 4.67. The molecule has 1 atom stereocenters. The fourth-order valence-corrected chi connectivity index (χ4v) is 5.41. The molecule has 17 heavy (non-hydrogen) atoms. The third-order valence-corrected chi connectivity index (χ3v) is 7.41. The van der Waals surface area contributed by atoms with E-state index in [0.717, 1.165) is 18.9 Å². The van der Waals surface area contributed by atoms with Crippen LogP contribution in [0, 0.1) is 0 Å². The predicted octanol–water partition coefficient (Wildman–Crippen LogP) is 2.02. The molecule has 0 saturated heterocycles.